The highest BCUT2D eigenvalue weighted by atomic mass is 35.5. The molecule has 0 saturated heterocycles. The molecule has 192 valence electrons. The molecule has 1 atom stereocenters. The molecule has 1 aliphatic rings. The van der Waals surface area contributed by atoms with Crippen LogP contribution in [0.2, 0.25) is 0 Å². The Hall–Kier alpha value is -4.14. The van der Waals surface area contributed by atoms with Gasteiger partial charge in [0.2, 0.25) is 0 Å². The maximum atomic E-state index is 15.0. The molecule has 0 bridgehead atoms. The fraction of sp³-hybridized carbons (Fsp3) is 0.160. The molecule has 37 heavy (non-hydrogen) atoms. The van der Waals surface area contributed by atoms with Crippen LogP contribution >= 0.6 is 12.4 Å². The number of ether oxygens (including phenoxy) is 1. The summed E-state index contributed by atoms with van der Waals surface area (Å²) in [5, 5.41) is 9.37. The van der Waals surface area contributed by atoms with Gasteiger partial charge in [0.25, 0.3) is 5.91 Å². The van der Waals surface area contributed by atoms with Gasteiger partial charge in [0.15, 0.2) is 11.5 Å². The van der Waals surface area contributed by atoms with Crippen LogP contribution in [0.25, 0.3) is 11.1 Å². The van der Waals surface area contributed by atoms with Crippen molar-refractivity contribution in [2.24, 2.45) is 10.7 Å². The smallest absolute Gasteiger partial charge is 0.306 e. The quantitative estimate of drug-likeness (QED) is 0.471. The van der Waals surface area contributed by atoms with Crippen molar-refractivity contribution in [3.63, 3.8) is 0 Å². The van der Waals surface area contributed by atoms with Crippen LogP contribution in [0.5, 0.6) is 11.5 Å². The van der Waals surface area contributed by atoms with Crippen LogP contribution in [-0.2, 0) is 20.5 Å². The van der Waals surface area contributed by atoms with E-state index in [1.54, 1.807) is 6.07 Å². The Balaban J connectivity index is 0.00000380. The lowest BCUT2D eigenvalue weighted by molar-refractivity contribution is -0.129. The van der Waals surface area contributed by atoms with E-state index in [9.17, 15) is 18.5 Å². The van der Waals surface area contributed by atoms with Gasteiger partial charge < -0.3 is 14.7 Å². The molecule has 9 nitrogen and oxygen atoms in total. The van der Waals surface area contributed by atoms with Gasteiger partial charge in [0, 0.05) is 12.6 Å². The summed E-state index contributed by atoms with van der Waals surface area (Å²) < 4.78 is 48.1. The summed E-state index contributed by atoms with van der Waals surface area (Å²) in [7, 11) is -0.853. The van der Waals surface area contributed by atoms with E-state index < -0.39 is 27.4 Å². The van der Waals surface area contributed by atoms with Crippen molar-refractivity contribution < 1.29 is 26.5 Å². The zero-order chi connectivity index (χ0) is 26.3. The van der Waals surface area contributed by atoms with Gasteiger partial charge >= 0.3 is 10.1 Å². The highest BCUT2D eigenvalue weighted by Crippen LogP contribution is 2.42. The zero-order valence-corrected chi connectivity index (χ0v) is 21.6. The van der Waals surface area contributed by atoms with Crippen LogP contribution in [0, 0.1) is 17.1 Å². The first kappa shape index (κ1) is 27.4. The number of carbonyl (C=O) groups excluding carboxylic acids is 1. The SMILES string of the molecule is COc1cc(C#N)cc(-c2cc(C3(c4ccc(OS(C)(=O)=O)cc4)N=C(N)N(C)C3=O)ccc2F)c1.Cl. The number of nitriles is 1. The second-order valence-corrected chi connectivity index (χ2v) is 9.69. The molecule has 0 aliphatic carbocycles. The average Bonchev–Trinajstić information content (AvgIpc) is 3.08. The van der Waals surface area contributed by atoms with E-state index in [0.717, 1.165) is 6.26 Å². The molecule has 0 spiro atoms. The Labute approximate surface area is 219 Å². The summed E-state index contributed by atoms with van der Waals surface area (Å²) in [6.07, 6.45) is 0.916. The summed E-state index contributed by atoms with van der Waals surface area (Å²) in [5.41, 5.74) is 5.78. The molecular weight excluding hydrogens is 523 g/mol. The van der Waals surface area contributed by atoms with Crippen molar-refractivity contribution >= 4 is 34.4 Å². The lowest BCUT2D eigenvalue weighted by Gasteiger charge is -2.27. The lowest BCUT2D eigenvalue weighted by Crippen LogP contribution is -2.41. The van der Waals surface area contributed by atoms with Gasteiger partial charge in [-0.05, 0) is 59.2 Å². The van der Waals surface area contributed by atoms with Gasteiger partial charge in [0.1, 0.15) is 17.3 Å². The van der Waals surface area contributed by atoms with E-state index in [0.29, 0.717) is 22.4 Å². The molecule has 2 N–H and O–H groups in total. The highest BCUT2D eigenvalue weighted by Gasteiger charge is 2.49. The molecule has 0 radical (unpaired) electrons. The first-order chi connectivity index (χ1) is 17.0. The molecule has 0 aromatic heterocycles. The largest absolute Gasteiger partial charge is 0.497 e. The minimum atomic E-state index is -3.75. The van der Waals surface area contributed by atoms with E-state index in [-0.39, 0.29) is 35.2 Å². The third kappa shape index (κ3) is 5.07. The fourth-order valence-electron chi connectivity index (χ4n) is 4.02. The molecule has 1 heterocycles. The summed E-state index contributed by atoms with van der Waals surface area (Å²) in [5.74, 6) is -0.705. The monoisotopic (exact) mass is 544 g/mol. The number of aliphatic imine (C=N–C) groups is 1. The van der Waals surface area contributed by atoms with Crippen molar-refractivity contribution in [3.05, 3.63) is 83.2 Å². The van der Waals surface area contributed by atoms with Crippen LogP contribution < -0.4 is 14.7 Å². The maximum Gasteiger partial charge on any atom is 0.306 e. The van der Waals surface area contributed by atoms with Crippen molar-refractivity contribution in [2.45, 2.75) is 5.54 Å². The minimum absolute atomic E-state index is 0. The first-order valence-electron chi connectivity index (χ1n) is 10.5. The number of amides is 1. The van der Waals surface area contributed by atoms with Crippen LogP contribution in [0.1, 0.15) is 16.7 Å². The fourth-order valence-corrected chi connectivity index (χ4v) is 4.48. The predicted molar refractivity (Wildman–Crippen MR) is 137 cm³/mol. The first-order valence-corrected chi connectivity index (χ1v) is 12.3. The molecular formula is C25H22ClFN4O5S. The number of nitrogens with two attached hydrogens (primary N) is 1. The molecule has 0 saturated carbocycles. The molecule has 12 heteroatoms. The number of likely N-dealkylation sites (N-methyl/N-ethyl adjacent to an activating group) is 1. The normalized spacial score (nSPS) is 17.0. The van der Waals surface area contributed by atoms with E-state index in [4.69, 9.17) is 14.7 Å². The number of methoxy groups -OCH3 is 1. The third-order valence-corrected chi connectivity index (χ3v) is 6.22. The predicted octanol–water partition coefficient (Wildman–Crippen LogP) is 3.16. The summed E-state index contributed by atoms with van der Waals surface area (Å²) in [6.45, 7) is 0. The number of hydrogen-bond acceptors (Lipinski definition) is 8. The highest BCUT2D eigenvalue weighted by molar-refractivity contribution is 7.86. The molecule has 3 aromatic carbocycles. The molecule has 1 aliphatic heterocycles. The number of carbonyl (C=O) groups is 1. The number of guanidine groups is 1. The lowest BCUT2D eigenvalue weighted by atomic mass is 9.81. The third-order valence-electron chi connectivity index (χ3n) is 5.73. The Bertz CT molecular complexity index is 1550. The Morgan fingerprint density at radius 2 is 1.70 bits per heavy atom. The second-order valence-electron chi connectivity index (χ2n) is 8.11. The van der Waals surface area contributed by atoms with Gasteiger partial charge in [-0.1, -0.05) is 18.2 Å². The van der Waals surface area contributed by atoms with Crippen molar-refractivity contribution in [3.8, 4) is 28.7 Å². The second kappa shape index (κ2) is 10.1. The maximum absolute atomic E-state index is 15.0. The van der Waals surface area contributed by atoms with Gasteiger partial charge in [-0.15, -0.1) is 12.4 Å². The van der Waals surface area contributed by atoms with Crippen LogP contribution in [0.3, 0.4) is 0 Å². The van der Waals surface area contributed by atoms with Crippen molar-refractivity contribution in [2.75, 3.05) is 20.4 Å². The number of rotatable bonds is 6. The van der Waals surface area contributed by atoms with Crippen LogP contribution in [-0.4, -0.2) is 45.6 Å². The summed E-state index contributed by atoms with van der Waals surface area (Å²) >= 11 is 0. The van der Waals surface area contributed by atoms with E-state index in [1.165, 1.54) is 73.7 Å². The summed E-state index contributed by atoms with van der Waals surface area (Å²) in [6, 6.07) is 16.5. The number of nitrogens with zero attached hydrogens (tertiary/aromatic N) is 3. The molecule has 0 fully saturated rings. The Kier molecular flexibility index (Phi) is 7.48. The van der Waals surface area contributed by atoms with Crippen LogP contribution in [0.4, 0.5) is 4.39 Å². The van der Waals surface area contributed by atoms with Gasteiger partial charge in [-0.3, -0.25) is 9.69 Å². The molecule has 4 rings (SSSR count). The van der Waals surface area contributed by atoms with Gasteiger partial charge in [-0.25, -0.2) is 9.38 Å². The molecule has 1 amide bonds. The molecule has 1 unspecified atom stereocenters. The zero-order valence-electron chi connectivity index (χ0n) is 19.9. The van der Waals surface area contributed by atoms with Crippen LogP contribution in [0.15, 0.2) is 65.7 Å². The topological polar surface area (TPSA) is 135 Å². The standard InChI is InChI=1S/C25H21FN4O5S.ClH/c1-30-23(31)25(29-24(30)28,17-4-7-19(8-5-17)35-36(3,32)33)18-6-9-22(26)21(13-18)16-10-15(14-27)11-20(12-16)34-2;/h4-13H,1-3H3,(H2,28,29);1H. The molecule has 3 aromatic rings. The van der Waals surface area contributed by atoms with E-state index in [2.05, 4.69) is 4.99 Å². The number of halogens is 2. The Morgan fingerprint density at radius 1 is 1.05 bits per heavy atom. The van der Waals surface area contributed by atoms with E-state index >= 15 is 4.39 Å². The van der Waals surface area contributed by atoms with Crippen molar-refractivity contribution in [1.82, 2.24) is 4.90 Å². The minimum Gasteiger partial charge on any atom is -0.497 e. The Morgan fingerprint density at radius 3 is 2.24 bits per heavy atom. The number of benzene rings is 3. The average molecular weight is 545 g/mol. The van der Waals surface area contributed by atoms with Gasteiger partial charge in [0.05, 0.1) is 25.0 Å². The van der Waals surface area contributed by atoms with Gasteiger partial charge in [-0.2, -0.15) is 13.7 Å². The van der Waals surface area contributed by atoms with E-state index in [1.807, 2.05) is 6.07 Å². The number of hydrogen-bond donors (Lipinski definition) is 1. The summed E-state index contributed by atoms with van der Waals surface area (Å²) in [4.78, 5) is 19.2. The van der Waals surface area contributed by atoms with Crippen molar-refractivity contribution in [1.29, 1.82) is 5.26 Å².